The van der Waals surface area contributed by atoms with Crippen LogP contribution in [0.3, 0.4) is 0 Å². The van der Waals surface area contributed by atoms with E-state index in [1.54, 1.807) is 0 Å². The first kappa shape index (κ1) is 34.4. The van der Waals surface area contributed by atoms with Crippen molar-refractivity contribution in [2.24, 2.45) is 0 Å². The van der Waals surface area contributed by atoms with Gasteiger partial charge in [-0.1, -0.05) is 121 Å². The van der Waals surface area contributed by atoms with Gasteiger partial charge in [-0.2, -0.15) is 0 Å². The van der Waals surface area contributed by atoms with E-state index in [2.05, 4.69) is 250 Å². The van der Waals surface area contributed by atoms with Crippen LogP contribution in [0, 0.1) is 6.92 Å². The minimum atomic E-state index is 1.06. The zero-order chi connectivity index (χ0) is 39.3. The third kappa shape index (κ3) is 5.93. The molecule has 0 saturated carbocycles. The molecule has 0 atom stereocenters. The molecule has 59 heavy (non-hydrogen) atoms. The first-order chi connectivity index (χ1) is 29.2. The Labute approximate surface area is 343 Å². The van der Waals surface area contributed by atoms with E-state index in [1.165, 1.54) is 38.1 Å². The maximum atomic E-state index is 2.46. The molecule has 2 heterocycles. The number of rotatable bonds is 8. The number of anilines is 6. The summed E-state index contributed by atoms with van der Waals surface area (Å²) in [7, 11) is 0. The van der Waals surface area contributed by atoms with E-state index in [-0.39, 0.29) is 0 Å². The number of aromatic nitrogens is 2. The molecule has 0 amide bonds. The van der Waals surface area contributed by atoms with Crippen LogP contribution in [0.4, 0.5) is 34.1 Å². The number of nitrogens with zero attached hydrogens (tertiary/aromatic N) is 4. The number of para-hydroxylation sites is 6. The van der Waals surface area contributed by atoms with Crippen molar-refractivity contribution in [1.29, 1.82) is 0 Å². The van der Waals surface area contributed by atoms with Gasteiger partial charge < -0.3 is 18.9 Å². The lowest BCUT2D eigenvalue weighted by Crippen LogP contribution is -2.11. The Hall–Kier alpha value is -7.82. The summed E-state index contributed by atoms with van der Waals surface area (Å²) < 4.78 is 4.89. The first-order valence-electron chi connectivity index (χ1n) is 20.2. The van der Waals surface area contributed by atoms with E-state index in [1.807, 2.05) is 0 Å². The predicted octanol–water partition coefficient (Wildman–Crippen LogP) is 15.1. The van der Waals surface area contributed by atoms with E-state index in [0.29, 0.717) is 0 Å². The van der Waals surface area contributed by atoms with Crippen LogP contribution < -0.4 is 9.80 Å². The van der Waals surface area contributed by atoms with Gasteiger partial charge in [0.15, 0.2) is 0 Å². The fraction of sp³-hybridized carbons (Fsp3) is 0.0182. The first-order valence-corrected chi connectivity index (χ1v) is 20.2. The summed E-state index contributed by atoms with van der Waals surface area (Å²) in [6.45, 7) is 2.19. The molecular formula is C55H40N4. The normalized spacial score (nSPS) is 11.5. The molecule has 11 aromatic rings. The van der Waals surface area contributed by atoms with E-state index in [9.17, 15) is 0 Å². The van der Waals surface area contributed by atoms with Crippen molar-refractivity contribution in [2.45, 2.75) is 6.92 Å². The number of fused-ring (bicyclic) bond motifs is 6. The minimum Gasteiger partial charge on any atom is -0.310 e. The van der Waals surface area contributed by atoms with E-state index in [0.717, 1.165) is 56.5 Å². The van der Waals surface area contributed by atoms with Gasteiger partial charge in [-0.25, -0.2) is 0 Å². The molecule has 0 aliphatic heterocycles. The van der Waals surface area contributed by atoms with Crippen molar-refractivity contribution < 1.29 is 0 Å². The van der Waals surface area contributed by atoms with Crippen molar-refractivity contribution in [1.82, 2.24) is 9.13 Å². The fourth-order valence-corrected chi connectivity index (χ4v) is 8.91. The molecule has 0 aliphatic rings. The van der Waals surface area contributed by atoms with Gasteiger partial charge >= 0.3 is 0 Å². The standard InChI is InChI=1S/C55H40N4/c1-39-30-32-54-50(34-39)51-38-44(56(40-18-6-2-7-19-40)41-20-8-3-9-21-41)31-33-55(51)59(54)47-36-45(57(42-22-10-4-11-23-42)43-24-12-5-13-25-43)35-46(37-47)58-52-28-16-14-26-48(52)49-27-15-17-29-53(49)58/h2-38H,1H3. The molecule has 0 bridgehead atoms. The van der Waals surface area contributed by atoms with Crippen LogP contribution in [0.25, 0.3) is 55.0 Å². The smallest absolute Gasteiger partial charge is 0.0542 e. The average molecular weight is 757 g/mol. The summed E-state index contributed by atoms with van der Waals surface area (Å²) >= 11 is 0. The lowest BCUT2D eigenvalue weighted by atomic mass is 10.1. The molecule has 0 saturated heterocycles. The SMILES string of the molecule is Cc1ccc2c(c1)c1cc(N(c3ccccc3)c3ccccc3)ccc1n2-c1cc(N(c2ccccc2)c2ccccc2)cc(-n2c3ccccc3c3ccccc32)c1. The summed E-state index contributed by atoms with van der Waals surface area (Å²) in [4.78, 5) is 4.71. The quantitative estimate of drug-likeness (QED) is 0.153. The van der Waals surface area contributed by atoms with E-state index < -0.39 is 0 Å². The van der Waals surface area contributed by atoms with Gasteiger partial charge in [0.2, 0.25) is 0 Å². The molecule has 0 aliphatic carbocycles. The van der Waals surface area contributed by atoms with Crippen molar-refractivity contribution in [3.05, 3.63) is 230 Å². The molecule has 11 rings (SSSR count). The Kier molecular flexibility index (Phi) is 8.34. The van der Waals surface area contributed by atoms with Crippen LogP contribution in [-0.2, 0) is 0 Å². The van der Waals surface area contributed by atoms with Gasteiger partial charge in [-0.3, -0.25) is 0 Å². The summed E-state index contributed by atoms with van der Waals surface area (Å²) in [5.41, 5.74) is 14.6. The Balaban J connectivity index is 1.21. The lowest BCUT2D eigenvalue weighted by Gasteiger charge is -2.27. The van der Waals surface area contributed by atoms with Crippen LogP contribution in [0.15, 0.2) is 224 Å². The molecule has 2 aromatic heterocycles. The zero-order valence-electron chi connectivity index (χ0n) is 32.7. The highest BCUT2D eigenvalue weighted by molar-refractivity contribution is 6.12. The van der Waals surface area contributed by atoms with Crippen LogP contribution in [0.5, 0.6) is 0 Å². The largest absolute Gasteiger partial charge is 0.310 e. The second-order valence-electron chi connectivity index (χ2n) is 15.1. The van der Waals surface area contributed by atoms with E-state index in [4.69, 9.17) is 0 Å². The Bertz CT molecular complexity index is 3140. The molecule has 4 nitrogen and oxygen atoms in total. The molecule has 0 N–H and O–H groups in total. The number of hydrogen-bond donors (Lipinski definition) is 0. The molecule has 280 valence electrons. The summed E-state index contributed by atoms with van der Waals surface area (Å²) in [6, 6.07) is 81.0. The number of benzene rings is 9. The maximum absolute atomic E-state index is 2.46. The Morgan fingerprint density at radius 1 is 0.271 bits per heavy atom. The highest BCUT2D eigenvalue weighted by Gasteiger charge is 2.22. The topological polar surface area (TPSA) is 16.3 Å². The molecule has 0 radical (unpaired) electrons. The predicted molar refractivity (Wildman–Crippen MR) is 249 cm³/mol. The second kappa shape index (κ2) is 14.3. The van der Waals surface area contributed by atoms with Crippen molar-refractivity contribution in [3.8, 4) is 11.4 Å². The third-order valence-electron chi connectivity index (χ3n) is 11.5. The average Bonchev–Trinajstić information content (AvgIpc) is 3.80. The summed E-state index contributed by atoms with van der Waals surface area (Å²) in [6.07, 6.45) is 0. The fourth-order valence-electron chi connectivity index (χ4n) is 8.91. The highest BCUT2D eigenvalue weighted by atomic mass is 15.2. The highest BCUT2D eigenvalue weighted by Crippen LogP contribution is 2.43. The minimum absolute atomic E-state index is 1.06. The van der Waals surface area contributed by atoms with Gasteiger partial charge in [-0.05, 0) is 116 Å². The van der Waals surface area contributed by atoms with Crippen LogP contribution in [0.2, 0.25) is 0 Å². The van der Waals surface area contributed by atoms with Gasteiger partial charge in [-0.15, -0.1) is 0 Å². The van der Waals surface area contributed by atoms with E-state index >= 15 is 0 Å². The molecule has 0 fully saturated rings. The molecular weight excluding hydrogens is 717 g/mol. The molecule has 9 aromatic carbocycles. The van der Waals surface area contributed by atoms with Crippen molar-refractivity contribution >= 4 is 77.7 Å². The van der Waals surface area contributed by atoms with Gasteiger partial charge in [0.25, 0.3) is 0 Å². The summed E-state index contributed by atoms with van der Waals surface area (Å²) in [5.74, 6) is 0. The Morgan fingerprint density at radius 2 is 0.644 bits per heavy atom. The van der Waals surface area contributed by atoms with Crippen molar-refractivity contribution in [2.75, 3.05) is 9.80 Å². The van der Waals surface area contributed by atoms with Gasteiger partial charge in [0, 0.05) is 50.0 Å². The van der Waals surface area contributed by atoms with Crippen LogP contribution >= 0.6 is 0 Å². The molecule has 4 heteroatoms. The van der Waals surface area contributed by atoms with Crippen molar-refractivity contribution in [3.63, 3.8) is 0 Å². The summed E-state index contributed by atoms with van der Waals surface area (Å²) in [5, 5.41) is 4.89. The number of hydrogen-bond acceptors (Lipinski definition) is 2. The van der Waals surface area contributed by atoms with Gasteiger partial charge in [0.1, 0.15) is 0 Å². The number of aryl methyl sites for hydroxylation is 1. The monoisotopic (exact) mass is 756 g/mol. The molecule has 0 unspecified atom stereocenters. The maximum Gasteiger partial charge on any atom is 0.0542 e. The third-order valence-corrected chi connectivity index (χ3v) is 11.5. The van der Waals surface area contributed by atoms with Gasteiger partial charge in [0.05, 0.1) is 39.1 Å². The Morgan fingerprint density at radius 3 is 1.12 bits per heavy atom. The van der Waals surface area contributed by atoms with Crippen LogP contribution in [0.1, 0.15) is 5.56 Å². The molecule has 0 spiro atoms. The van der Waals surface area contributed by atoms with Crippen LogP contribution in [-0.4, -0.2) is 9.13 Å². The lowest BCUT2D eigenvalue weighted by molar-refractivity contribution is 1.12. The zero-order valence-corrected chi connectivity index (χ0v) is 32.7. The second-order valence-corrected chi connectivity index (χ2v) is 15.1.